The van der Waals surface area contributed by atoms with Gasteiger partial charge in [-0.1, -0.05) is 45.4 Å². The van der Waals surface area contributed by atoms with Crippen LogP contribution < -0.4 is 0 Å². The van der Waals surface area contributed by atoms with E-state index in [-0.39, 0.29) is 44.9 Å². The minimum atomic E-state index is -8.37. The zero-order valence-corrected chi connectivity index (χ0v) is 64.6. The lowest BCUT2D eigenvalue weighted by molar-refractivity contribution is -0.441. The van der Waals surface area contributed by atoms with Crippen LogP contribution in [-0.2, 0) is 48.1 Å². The molecule has 0 unspecified atom stereocenters. The second-order valence-electron chi connectivity index (χ2n) is 28.4. The molecule has 0 aliphatic heterocycles. The number of aryl methyl sites for hydroxylation is 12. The molecule has 0 heterocycles. The van der Waals surface area contributed by atoms with Gasteiger partial charge in [0, 0.05) is 54.2 Å². The second-order valence-corrected chi connectivity index (χ2v) is 28.4. The highest BCUT2D eigenvalue weighted by Gasteiger charge is 2.92. The van der Waals surface area contributed by atoms with Crippen molar-refractivity contribution >= 4 is 0 Å². The lowest BCUT2D eigenvalue weighted by Crippen LogP contribution is -2.69. The van der Waals surface area contributed by atoms with E-state index in [0.717, 1.165) is 19.4 Å². The molecule has 0 fully saturated rings. The number of alkyl halides is 48. The SMILES string of the molecule is CCCCc1cc(C)c(C(C)C)cc1C.Cc1cc(C(F)(F)C(F)(F)C(F)(F)C(F)(F)C(F)(F)C(F)(F)F)c(C)cc1C(F)(F)C(F)(F)C(F)(F)C(F)(F)C(C)(F)F.Cc1cc(C(F)(F)C(F)(F)C(F)(F)C(F)(F)F)c(C)cc1C(F)(F)C(F)(F)C(C)(F)F.Cc1cc(C(F)(F)C(F)(F)F)c(C)cc1C(C)(F)F.Cc1cc(C)c(C(F)(F)F)cc1C. The maximum Gasteiger partial charge on any atom is 0.460 e. The fourth-order valence-corrected chi connectivity index (χ4v) is 11.0. The minimum Gasteiger partial charge on any atom is -0.202 e. The van der Waals surface area contributed by atoms with Crippen molar-refractivity contribution in [1.82, 2.24) is 0 Å². The fraction of sp³-hybridized carbons (Fsp3) is 0.589. The summed E-state index contributed by atoms with van der Waals surface area (Å²) in [7, 11) is 0. The largest absolute Gasteiger partial charge is 0.460 e. The first kappa shape index (κ1) is 112. The van der Waals surface area contributed by atoms with Gasteiger partial charge in [0.2, 0.25) is 0 Å². The van der Waals surface area contributed by atoms with Crippen molar-refractivity contribution in [2.45, 2.75) is 274 Å². The van der Waals surface area contributed by atoms with E-state index in [9.17, 15) is 211 Å². The summed E-state index contributed by atoms with van der Waals surface area (Å²) in [5, 5.41) is 0. The van der Waals surface area contributed by atoms with Gasteiger partial charge in [-0.25, -0.2) is 8.78 Å². The summed E-state index contributed by atoms with van der Waals surface area (Å²) in [6.45, 7) is 17.2. The third-order valence-corrected chi connectivity index (χ3v) is 18.3. The van der Waals surface area contributed by atoms with E-state index in [1.54, 1.807) is 18.6 Å². The first-order valence-corrected chi connectivity index (χ1v) is 33.3. The summed E-state index contributed by atoms with van der Waals surface area (Å²) in [4.78, 5) is 0. The Morgan fingerprint density at radius 1 is 0.223 bits per heavy atom. The van der Waals surface area contributed by atoms with E-state index in [1.807, 2.05) is 6.92 Å². The quantitative estimate of drug-likeness (QED) is 0.0606. The van der Waals surface area contributed by atoms with Crippen LogP contribution in [0, 0.1) is 76.2 Å². The molecular formula is C73H68F48. The van der Waals surface area contributed by atoms with Gasteiger partial charge in [0.15, 0.2) is 0 Å². The molecule has 0 aromatic heterocycles. The Kier molecular flexibility index (Phi) is 32.3. The van der Waals surface area contributed by atoms with Crippen LogP contribution in [0.4, 0.5) is 211 Å². The highest BCUT2D eigenvalue weighted by molar-refractivity contribution is 5.47. The number of halogens is 48. The third-order valence-electron chi connectivity index (χ3n) is 18.3. The number of rotatable bonds is 22. The van der Waals surface area contributed by atoms with E-state index in [2.05, 4.69) is 46.8 Å². The van der Waals surface area contributed by atoms with Crippen molar-refractivity contribution in [3.8, 4) is 0 Å². The van der Waals surface area contributed by atoms with Crippen LogP contribution in [-0.4, -0.2) is 89.6 Å². The molecule has 0 aliphatic rings. The lowest BCUT2D eigenvalue weighted by Gasteiger charge is -2.40. The predicted molar refractivity (Wildman–Crippen MR) is 340 cm³/mol. The molecule has 0 bridgehead atoms. The molecule has 0 nitrogen and oxygen atoms in total. The smallest absolute Gasteiger partial charge is 0.202 e. The molecule has 121 heavy (non-hydrogen) atoms. The summed E-state index contributed by atoms with van der Waals surface area (Å²) < 4.78 is 637. The van der Waals surface area contributed by atoms with Crippen molar-refractivity contribution in [3.63, 3.8) is 0 Å². The van der Waals surface area contributed by atoms with Crippen molar-refractivity contribution < 1.29 is 211 Å². The molecule has 5 aromatic rings. The molecule has 0 saturated carbocycles. The van der Waals surface area contributed by atoms with Gasteiger partial charge in [0.05, 0.1) is 5.56 Å². The van der Waals surface area contributed by atoms with Gasteiger partial charge in [-0.05, 0) is 210 Å². The molecule has 0 radical (unpaired) electrons. The first-order chi connectivity index (χ1) is 52.7. The van der Waals surface area contributed by atoms with E-state index in [1.165, 1.54) is 48.9 Å². The van der Waals surface area contributed by atoms with Crippen molar-refractivity contribution in [2.75, 3.05) is 0 Å². The Morgan fingerprint density at radius 2 is 0.463 bits per heavy atom. The Labute approximate surface area is 655 Å². The molecular weight excluding hydrogens is 1790 g/mol. The first-order valence-electron chi connectivity index (χ1n) is 33.3. The van der Waals surface area contributed by atoms with Gasteiger partial charge in [0.1, 0.15) is 0 Å². The van der Waals surface area contributed by atoms with E-state index in [0.29, 0.717) is 30.5 Å². The molecule has 48 heteroatoms. The van der Waals surface area contributed by atoms with Crippen LogP contribution in [0.25, 0.3) is 0 Å². The summed E-state index contributed by atoms with van der Waals surface area (Å²) in [6.07, 6.45) is -21.1. The normalized spacial score (nSPS) is 14.5. The zero-order chi connectivity index (χ0) is 97.3. The number of hydrogen-bond donors (Lipinski definition) is 0. The maximum absolute atomic E-state index is 14.5. The van der Waals surface area contributed by atoms with Crippen LogP contribution in [0.1, 0.15) is 172 Å². The summed E-state index contributed by atoms with van der Waals surface area (Å²) in [6, 6.07) is 5.78. The molecule has 0 amide bonds. The summed E-state index contributed by atoms with van der Waals surface area (Å²) in [5.41, 5.74) is -12.9. The Hall–Kier alpha value is -7.26. The molecule has 5 aromatic carbocycles. The van der Waals surface area contributed by atoms with E-state index >= 15 is 0 Å². The number of hydrogen-bond acceptors (Lipinski definition) is 0. The summed E-state index contributed by atoms with van der Waals surface area (Å²) in [5.74, 6) is -121. The van der Waals surface area contributed by atoms with Crippen LogP contribution in [0.2, 0.25) is 0 Å². The van der Waals surface area contributed by atoms with E-state index in [4.69, 9.17) is 0 Å². The summed E-state index contributed by atoms with van der Waals surface area (Å²) >= 11 is 0. The third kappa shape index (κ3) is 20.8. The average molecular weight is 1860 g/mol. The van der Waals surface area contributed by atoms with E-state index < -0.39 is 230 Å². The van der Waals surface area contributed by atoms with Gasteiger partial charge in [-0.2, -0.15) is 202 Å². The van der Waals surface area contributed by atoms with Crippen LogP contribution in [0.5, 0.6) is 0 Å². The van der Waals surface area contributed by atoms with Gasteiger partial charge in [0.25, 0.3) is 5.92 Å². The highest BCUT2D eigenvalue weighted by atomic mass is 19.5. The van der Waals surface area contributed by atoms with Gasteiger partial charge in [-0.3, -0.25) is 0 Å². The minimum absolute atomic E-state index is 0.203. The van der Waals surface area contributed by atoms with Crippen molar-refractivity contribution in [3.05, 3.63) is 172 Å². The van der Waals surface area contributed by atoms with Crippen molar-refractivity contribution in [1.29, 1.82) is 0 Å². The van der Waals surface area contributed by atoms with Gasteiger partial charge >= 0.3 is 125 Å². The van der Waals surface area contributed by atoms with Gasteiger partial charge < -0.3 is 0 Å². The van der Waals surface area contributed by atoms with Crippen LogP contribution in [0.15, 0.2) is 60.7 Å². The predicted octanol–water partition coefficient (Wildman–Crippen LogP) is 31.2. The monoisotopic (exact) mass is 1860 g/mol. The Morgan fingerprint density at radius 3 is 0.736 bits per heavy atom. The molecule has 0 aliphatic carbocycles. The zero-order valence-electron chi connectivity index (χ0n) is 64.6. The van der Waals surface area contributed by atoms with Crippen molar-refractivity contribution in [2.24, 2.45) is 0 Å². The molecule has 5 rings (SSSR count). The number of unbranched alkanes of at least 4 members (excludes halogenated alkanes) is 1. The standard InChI is InChI=1S/C20H11F23.C16H11F15.C15H24.C12H11F7.C10H11F3/c1-6-5-9(12(25,26)15(31,32)17(35,36)18(37,38)19(39,40)20(41,42)43)7(2)4-8(6)11(23,24)14(29,30)16(33,34)13(27,28)10(3,21)22;1-6-5-9(12(21,22)14(25,26)15(27,28)16(29,30)31)7(2)4-8(6)11(19,20)13(23,24)10(3,17)18;1-6-7-8-14-9-13(5)15(11(2)3)10-12(14)4;1-6-5-9(11(15,16)12(17,18)19)7(2)4-8(6)10(3,13)14;1-6-4-8(3)9(5-7(6)2)10(11,12)13/h4-5H,1-3H3;4-5H,1-3H3;9-11H,6-8H2,1-5H3;4-5H,1-3H3;4-5H,1-3H3. The topological polar surface area (TPSA) is 0 Å². The van der Waals surface area contributed by atoms with Gasteiger partial charge in [-0.15, -0.1) is 0 Å². The molecule has 0 atom stereocenters. The maximum atomic E-state index is 14.5. The van der Waals surface area contributed by atoms with Crippen LogP contribution in [0.3, 0.4) is 0 Å². The lowest BCUT2D eigenvalue weighted by atomic mass is 9.84. The second kappa shape index (κ2) is 34.9. The molecule has 0 spiro atoms. The molecule has 0 N–H and O–H groups in total. The van der Waals surface area contributed by atoms with Crippen LogP contribution >= 0.6 is 0 Å². The Balaban J connectivity index is 0.000000813. The number of benzene rings is 5. The molecule has 0 saturated heterocycles. The molecule has 696 valence electrons. The Bertz CT molecular complexity index is 4380. The average Bonchev–Trinajstić information content (AvgIpc) is 0.705. The highest BCUT2D eigenvalue weighted by Crippen LogP contribution is 2.65. The fourth-order valence-electron chi connectivity index (χ4n) is 11.0.